The molecule has 3 rings (SSSR count). The van der Waals surface area contributed by atoms with Crippen LogP contribution in [-0.2, 0) is 37.4 Å². The summed E-state index contributed by atoms with van der Waals surface area (Å²) in [4.78, 5) is 38.9. The number of sulfonamides is 1. The Bertz CT molecular complexity index is 1480. The molecule has 0 heterocycles. The number of hydrogen-bond donors (Lipinski definition) is 4. The molecule has 3 amide bonds. The van der Waals surface area contributed by atoms with Gasteiger partial charge in [0.25, 0.3) is 15.9 Å². The zero-order valence-corrected chi connectivity index (χ0v) is 26.1. The van der Waals surface area contributed by atoms with Crippen molar-refractivity contribution in [3.05, 3.63) is 90.0 Å². The molecule has 3 aromatic carbocycles. The van der Waals surface area contributed by atoms with Crippen LogP contribution < -0.4 is 10.0 Å². The van der Waals surface area contributed by atoms with Crippen LogP contribution in [0.3, 0.4) is 0 Å². The summed E-state index contributed by atoms with van der Waals surface area (Å²) < 4.78 is 27.6. The molecule has 0 saturated heterocycles. The summed E-state index contributed by atoms with van der Waals surface area (Å²) in [6.07, 6.45) is 0.443. The minimum absolute atomic E-state index is 0.0303. The Labute approximate surface area is 259 Å². The zero-order valence-electron chi connectivity index (χ0n) is 24.4. The third-order valence-corrected chi connectivity index (χ3v) is 8.47. The second-order valence-corrected chi connectivity index (χ2v) is 12.7. The molecule has 2 unspecified atom stereocenters. The fourth-order valence-corrected chi connectivity index (χ4v) is 5.98. The van der Waals surface area contributed by atoms with E-state index in [2.05, 4.69) is 17.9 Å². The van der Waals surface area contributed by atoms with E-state index in [1.165, 1.54) is 13.0 Å². The molecule has 11 heteroatoms. The molecule has 0 saturated carbocycles. The SMILES string of the molecule is CCCC(=O)N(CCC(=O)NCC(S)Cc1ccccc1)Cc1ccc(-c2ccccc2S(=O)(=O)NC(=O)C(C)O)cc1. The summed E-state index contributed by atoms with van der Waals surface area (Å²) in [5.74, 6) is -1.23. The van der Waals surface area contributed by atoms with Gasteiger partial charge in [0, 0.05) is 43.3 Å². The molecule has 2 atom stereocenters. The lowest BCUT2D eigenvalue weighted by Crippen LogP contribution is -2.37. The molecular weight excluding hydrogens is 587 g/mol. The van der Waals surface area contributed by atoms with Crippen LogP contribution in [0.15, 0.2) is 83.8 Å². The summed E-state index contributed by atoms with van der Waals surface area (Å²) >= 11 is 4.59. The Balaban J connectivity index is 1.65. The minimum atomic E-state index is -4.23. The Morgan fingerprint density at radius 2 is 1.56 bits per heavy atom. The lowest BCUT2D eigenvalue weighted by Gasteiger charge is -2.23. The van der Waals surface area contributed by atoms with Crippen molar-refractivity contribution in [2.75, 3.05) is 13.1 Å². The van der Waals surface area contributed by atoms with Gasteiger partial charge in [0.15, 0.2) is 0 Å². The van der Waals surface area contributed by atoms with Gasteiger partial charge >= 0.3 is 0 Å². The number of aliphatic hydroxyl groups excluding tert-OH is 1. The van der Waals surface area contributed by atoms with Gasteiger partial charge in [-0.2, -0.15) is 12.6 Å². The summed E-state index contributed by atoms with van der Waals surface area (Å²) in [5.41, 5.74) is 2.93. The van der Waals surface area contributed by atoms with Crippen molar-refractivity contribution >= 4 is 40.4 Å². The maximum absolute atomic E-state index is 12.9. The highest BCUT2D eigenvalue weighted by atomic mass is 32.2. The third-order valence-electron chi connectivity index (χ3n) is 6.70. The number of nitrogens with one attached hydrogen (secondary N) is 2. The standard InChI is InChI=1S/C32H39N3O6S2/c1-3-9-31(38)35(19-18-30(37)33-21-27(42)20-24-10-5-4-6-11-24)22-25-14-16-26(17-15-25)28-12-7-8-13-29(28)43(40,41)34-32(39)23(2)36/h4-8,10-17,23,27,36,42H,3,9,18-22H2,1-2H3,(H,33,37)(H,34,39). The Hall–Kier alpha value is -3.67. The van der Waals surface area contributed by atoms with Crippen LogP contribution in [0.1, 0.15) is 44.2 Å². The first-order valence-corrected chi connectivity index (χ1v) is 16.2. The highest BCUT2D eigenvalue weighted by molar-refractivity contribution is 7.90. The van der Waals surface area contributed by atoms with E-state index in [1.807, 2.05) is 42.0 Å². The second-order valence-electron chi connectivity index (χ2n) is 10.3. The van der Waals surface area contributed by atoms with Gasteiger partial charge in [-0.05, 0) is 42.5 Å². The molecule has 0 aliphatic rings. The van der Waals surface area contributed by atoms with Gasteiger partial charge in [-0.3, -0.25) is 14.4 Å². The Morgan fingerprint density at radius 3 is 2.21 bits per heavy atom. The first kappa shape index (κ1) is 33.8. The van der Waals surface area contributed by atoms with Gasteiger partial charge in [-0.15, -0.1) is 0 Å². The Kier molecular flexibility index (Phi) is 12.8. The number of rotatable bonds is 15. The van der Waals surface area contributed by atoms with E-state index in [0.717, 1.165) is 17.5 Å². The number of amides is 3. The molecule has 43 heavy (non-hydrogen) atoms. The number of carbonyl (C=O) groups excluding carboxylic acids is 3. The molecule has 230 valence electrons. The second kappa shape index (κ2) is 16.3. The number of benzene rings is 3. The largest absolute Gasteiger partial charge is 0.384 e. The molecule has 0 bridgehead atoms. The smallest absolute Gasteiger partial charge is 0.264 e. The van der Waals surface area contributed by atoms with E-state index in [9.17, 15) is 27.9 Å². The van der Waals surface area contributed by atoms with Crippen LogP contribution in [0.4, 0.5) is 0 Å². The number of carbonyl (C=O) groups is 3. The van der Waals surface area contributed by atoms with Gasteiger partial charge in [-0.1, -0.05) is 79.7 Å². The maximum atomic E-state index is 12.9. The van der Waals surface area contributed by atoms with Crippen molar-refractivity contribution in [3.63, 3.8) is 0 Å². The predicted octanol–water partition coefficient (Wildman–Crippen LogP) is 3.72. The van der Waals surface area contributed by atoms with Crippen molar-refractivity contribution in [1.29, 1.82) is 0 Å². The normalized spacial score (nSPS) is 12.7. The van der Waals surface area contributed by atoms with Crippen LogP contribution in [-0.4, -0.2) is 60.6 Å². The first-order valence-electron chi connectivity index (χ1n) is 14.2. The first-order chi connectivity index (χ1) is 20.5. The minimum Gasteiger partial charge on any atom is -0.384 e. The van der Waals surface area contributed by atoms with Crippen molar-refractivity contribution in [2.45, 2.75) is 62.3 Å². The number of nitrogens with zero attached hydrogens (tertiary/aromatic N) is 1. The molecule has 0 aliphatic heterocycles. The van der Waals surface area contributed by atoms with E-state index in [4.69, 9.17) is 0 Å². The number of aliphatic hydroxyl groups is 1. The van der Waals surface area contributed by atoms with Gasteiger partial charge in [0.2, 0.25) is 11.8 Å². The molecule has 0 radical (unpaired) electrons. The fraction of sp³-hybridized carbons (Fsp3) is 0.344. The average Bonchev–Trinajstić information content (AvgIpc) is 2.99. The maximum Gasteiger partial charge on any atom is 0.264 e. The van der Waals surface area contributed by atoms with Crippen LogP contribution >= 0.6 is 12.6 Å². The van der Waals surface area contributed by atoms with E-state index < -0.39 is 22.0 Å². The molecule has 9 nitrogen and oxygen atoms in total. The number of thiol groups is 1. The summed E-state index contributed by atoms with van der Waals surface area (Å²) in [7, 11) is -4.23. The monoisotopic (exact) mass is 625 g/mol. The van der Waals surface area contributed by atoms with Crippen molar-refractivity contribution in [2.24, 2.45) is 0 Å². The number of hydrogen-bond acceptors (Lipinski definition) is 7. The lowest BCUT2D eigenvalue weighted by atomic mass is 10.0. The van der Waals surface area contributed by atoms with E-state index in [1.54, 1.807) is 47.4 Å². The molecule has 0 spiro atoms. The topological polar surface area (TPSA) is 133 Å². The molecule has 0 fully saturated rings. The van der Waals surface area contributed by atoms with Gasteiger partial charge in [-0.25, -0.2) is 13.1 Å². The van der Waals surface area contributed by atoms with Crippen LogP contribution in [0.5, 0.6) is 0 Å². The lowest BCUT2D eigenvalue weighted by molar-refractivity contribution is -0.132. The predicted molar refractivity (Wildman–Crippen MR) is 170 cm³/mol. The summed E-state index contributed by atoms with van der Waals surface area (Å²) in [5, 5.41) is 12.3. The molecule has 0 aromatic heterocycles. The van der Waals surface area contributed by atoms with E-state index in [0.29, 0.717) is 37.1 Å². The van der Waals surface area contributed by atoms with Crippen molar-refractivity contribution in [3.8, 4) is 11.1 Å². The van der Waals surface area contributed by atoms with Gasteiger partial charge in [0.05, 0.1) is 4.90 Å². The summed E-state index contributed by atoms with van der Waals surface area (Å²) in [6, 6.07) is 23.3. The van der Waals surface area contributed by atoms with Crippen molar-refractivity contribution in [1.82, 2.24) is 14.9 Å². The van der Waals surface area contributed by atoms with E-state index in [-0.39, 0.29) is 34.9 Å². The van der Waals surface area contributed by atoms with Crippen molar-refractivity contribution < 1.29 is 27.9 Å². The summed E-state index contributed by atoms with van der Waals surface area (Å²) in [6.45, 7) is 4.07. The molecule has 3 aromatic rings. The van der Waals surface area contributed by atoms with Crippen LogP contribution in [0, 0.1) is 0 Å². The van der Waals surface area contributed by atoms with Crippen LogP contribution in [0.25, 0.3) is 11.1 Å². The fourth-order valence-electron chi connectivity index (χ4n) is 4.40. The third kappa shape index (κ3) is 10.5. The molecule has 0 aliphatic carbocycles. The Morgan fingerprint density at radius 1 is 0.907 bits per heavy atom. The van der Waals surface area contributed by atoms with E-state index >= 15 is 0 Å². The highest BCUT2D eigenvalue weighted by Crippen LogP contribution is 2.28. The molecular formula is C32H39N3O6S2. The quantitative estimate of drug-likeness (QED) is 0.190. The van der Waals surface area contributed by atoms with Gasteiger partial charge < -0.3 is 15.3 Å². The van der Waals surface area contributed by atoms with Crippen LogP contribution in [0.2, 0.25) is 0 Å². The highest BCUT2D eigenvalue weighted by Gasteiger charge is 2.24. The zero-order chi connectivity index (χ0) is 31.4. The average molecular weight is 626 g/mol. The molecule has 3 N–H and O–H groups in total. The van der Waals surface area contributed by atoms with Gasteiger partial charge in [0.1, 0.15) is 6.10 Å².